The fourth-order valence-corrected chi connectivity index (χ4v) is 2.92. The normalized spacial score (nSPS) is 10.4. The fourth-order valence-electron chi connectivity index (χ4n) is 1.51. The van der Waals surface area contributed by atoms with Crippen LogP contribution in [0.3, 0.4) is 0 Å². The largest absolute Gasteiger partial charge is 0.366 e. The van der Waals surface area contributed by atoms with Gasteiger partial charge >= 0.3 is 0 Å². The van der Waals surface area contributed by atoms with E-state index < -0.39 is 17.6 Å². The minimum absolute atomic E-state index is 0.0399. The minimum Gasteiger partial charge on any atom is -0.366 e. The Bertz CT molecular complexity index is 702. The Morgan fingerprint density at radius 2 is 1.95 bits per heavy atom. The number of halogens is 1. The van der Waals surface area contributed by atoms with Crippen LogP contribution < -0.4 is 15.7 Å². The number of benzene rings is 1. The first-order valence-electron chi connectivity index (χ1n) is 5.36. The molecule has 0 radical (unpaired) electrons. The van der Waals surface area contributed by atoms with Crippen LogP contribution in [-0.4, -0.2) is 11.8 Å². The number of anilines is 1. The summed E-state index contributed by atoms with van der Waals surface area (Å²) in [7, 11) is -0.291. The van der Waals surface area contributed by atoms with Gasteiger partial charge < -0.3 is 11.1 Å². The maximum atomic E-state index is 13.5. The molecule has 2 aromatic rings. The monoisotopic (exact) mass is 310 g/mol. The Morgan fingerprint density at radius 3 is 2.55 bits per heavy atom. The zero-order valence-electron chi connectivity index (χ0n) is 9.92. The van der Waals surface area contributed by atoms with Gasteiger partial charge in [-0.05, 0) is 18.2 Å². The maximum Gasteiger partial charge on any atom is 0.259 e. The van der Waals surface area contributed by atoms with Crippen molar-refractivity contribution in [3.05, 3.63) is 47.3 Å². The number of primary amides is 1. The lowest BCUT2D eigenvalue weighted by atomic mass is 10.2. The zero-order valence-corrected chi connectivity index (χ0v) is 11.6. The van der Waals surface area contributed by atoms with Crippen LogP contribution in [0.4, 0.5) is 9.39 Å². The number of hydrogen-bond donors (Lipinski definition) is 2. The molecule has 102 valence electrons. The van der Waals surface area contributed by atoms with E-state index in [9.17, 15) is 18.5 Å². The summed E-state index contributed by atoms with van der Waals surface area (Å²) in [5.41, 5.74) is 5.05. The van der Waals surface area contributed by atoms with Gasteiger partial charge in [0, 0.05) is 0 Å². The predicted octanol–water partition coefficient (Wildman–Crippen LogP) is 2.16. The number of amides is 2. The van der Waals surface area contributed by atoms with Crippen LogP contribution in [0.25, 0.3) is 0 Å². The van der Waals surface area contributed by atoms with Crippen LogP contribution in [0.5, 0.6) is 0 Å². The van der Waals surface area contributed by atoms with Gasteiger partial charge in [-0.1, -0.05) is 12.1 Å². The van der Waals surface area contributed by atoms with Crippen molar-refractivity contribution in [3.63, 3.8) is 0 Å². The molecule has 2 rings (SSSR count). The molecule has 0 fully saturated rings. The van der Waals surface area contributed by atoms with Crippen LogP contribution in [0.15, 0.2) is 30.3 Å². The highest BCUT2D eigenvalue weighted by molar-refractivity contribution is 7.48. The highest BCUT2D eigenvalue weighted by Gasteiger charge is 2.18. The van der Waals surface area contributed by atoms with Gasteiger partial charge in [-0.3, -0.25) is 14.2 Å². The number of nitrogens with one attached hydrogen (secondary N) is 1. The topological polar surface area (TPSA) is 89.3 Å². The molecule has 1 aromatic heterocycles. The van der Waals surface area contributed by atoms with Gasteiger partial charge in [0.2, 0.25) is 8.46 Å². The minimum atomic E-state index is -0.764. The summed E-state index contributed by atoms with van der Waals surface area (Å²) < 4.78 is 24.6. The highest BCUT2D eigenvalue weighted by atomic mass is 32.1. The van der Waals surface area contributed by atoms with Gasteiger partial charge in [0.25, 0.3) is 11.8 Å². The smallest absolute Gasteiger partial charge is 0.259 e. The van der Waals surface area contributed by atoms with E-state index in [1.165, 1.54) is 24.3 Å². The molecule has 20 heavy (non-hydrogen) atoms. The van der Waals surface area contributed by atoms with Crippen molar-refractivity contribution >= 4 is 41.2 Å². The summed E-state index contributed by atoms with van der Waals surface area (Å²) in [5.74, 6) is -2.15. The molecule has 5 nitrogen and oxygen atoms in total. The molecule has 3 N–H and O–H groups in total. The molecule has 0 saturated heterocycles. The average Bonchev–Trinajstić information content (AvgIpc) is 2.82. The van der Waals surface area contributed by atoms with Gasteiger partial charge in [-0.25, -0.2) is 4.39 Å². The van der Waals surface area contributed by atoms with Crippen LogP contribution >= 0.6 is 19.8 Å². The third kappa shape index (κ3) is 2.89. The number of nitrogens with two attached hydrogens (primary N) is 1. The van der Waals surface area contributed by atoms with E-state index >= 15 is 0 Å². The molecule has 0 aliphatic heterocycles. The van der Waals surface area contributed by atoms with Crippen molar-refractivity contribution in [2.75, 3.05) is 5.32 Å². The average molecular weight is 310 g/mol. The molecular formula is C12H8FN2O3PS. The Hall–Kier alpha value is -2.11. The number of carbonyl (C=O) groups is 2. The lowest BCUT2D eigenvalue weighted by Crippen LogP contribution is -2.17. The molecule has 0 atom stereocenters. The van der Waals surface area contributed by atoms with E-state index in [1.54, 1.807) is 0 Å². The van der Waals surface area contributed by atoms with E-state index in [2.05, 4.69) is 5.32 Å². The summed E-state index contributed by atoms with van der Waals surface area (Å²) in [6.45, 7) is 0. The summed E-state index contributed by atoms with van der Waals surface area (Å²) in [5, 5.41) is 2.54. The van der Waals surface area contributed by atoms with E-state index in [0.717, 1.165) is 17.4 Å². The van der Waals surface area contributed by atoms with Gasteiger partial charge in [-0.2, -0.15) is 0 Å². The summed E-state index contributed by atoms with van der Waals surface area (Å²) in [6, 6.07) is 6.76. The van der Waals surface area contributed by atoms with E-state index in [4.69, 9.17) is 5.73 Å². The van der Waals surface area contributed by atoms with E-state index in [0.29, 0.717) is 4.62 Å². The van der Waals surface area contributed by atoms with Crippen molar-refractivity contribution in [2.24, 2.45) is 5.73 Å². The third-order valence-corrected chi connectivity index (χ3v) is 4.08. The van der Waals surface area contributed by atoms with Crippen molar-refractivity contribution in [3.8, 4) is 0 Å². The van der Waals surface area contributed by atoms with E-state index in [-0.39, 0.29) is 24.6 Å². The Labute approximate surface area is 118 Å². The summed E-state index contributed by atoms with van der Waals surface area (Å²) in [6.07, 6.45) is 0. The van der Waals surface area contributed by atoms with Crippen molar-refractivity contribution in [1.29, 1.82) is 0 Å². The number of thiophene rings is 1. The molecule has 8 heteroatoms. The molecule has 0 bridgehead atoms. The lowest BCUT2D eigenvalue weighted by Gasteiger charge is -2.05. The van der Waals surface area contributed by atoms with Gasteiger partial charge in [0.15, 0.2) is 0 Å². The first kappa shape index (κ1) is 14.3. The Morgan fingerprint density at radius 1 is 1.25 bits per heavy atom. The highest BCUT2D eigenvalue weighted by Crippen LogP contribution is 2.25. The second-order valence-electron chi connectivity index (χ2n) is 3.72. The third-order valence-electron chi connectivity index (χ3n) is 2.42. The van der Waals surface area contributed by atoms with Crippen LogP contribution in [-0.2, 0) is 4.57 Å². The number of carbonyl (C=O) groups excluding carboxylic acids is 2. The molecule has 0 saturated carbocycles. The van der Waals surface area contributed by atoms with Crippen LogP contribution in [0.1, 0.15) is 20.7 Å². The second kappa shape index (κ2) is 5.90. The molecule has 0 spiro atoms. The Kier molecular flexibility index (Phi) is 4.22. The first-order chi connectivity index (χ1) is 9.52. The molecule has 0 unspecified atom stereocenters. The van der Waals surface area contributed by atoms with Crippen molar-refractivity contribution in [2.45, 2.75) is 0 Å². The molecule has 2 amide bonds. The van der Waals surface area contributed by atoms with Crippen LogP contribution in [0.2, 0.25) is 0 Å². The number of hydrogen-bond acceptors (Lipinski definition) is 4. The first-order valence-corrected chi connectivity index (χ1v) is 6.98. The summed E-state index contributed by atoms with van der Waals surface area (Å²) in [4.78, 5) is 23.2. The zero-order chi connectivity index (χ0) is 14.7. The SMILES string of the molecule is NC(=O)c1cc(P=O)sc1NC(=O)c1ccccc1F. The molecule has 1 aromatic carbocycles. The van der Waals surface area contributed by atoms with Gasteiger partial charge in [-0.15, -0.1) is 11.3 Å². The molecular weight excluding hydrogens is 302 g/mol. The van der Waals surface area contributed by atoms with E-state index in [1.807, 2.05) is 0 Å². The fraction of sp³-hybridized carbons (Fsp3) is 0. The Balaban J connectivity index is 2.32. The molecule has 1 heterocycles. The standard InChI is InChI=1S/C12H8FN2O3PS/c13-8-4-2-1-3-6(8)11(17)15-12-7(10(14)16)5-9(19-18)20-12/h1-5H,(H2,14,16)(H,15,17). The van der Waals surface area contributed by atoms with Crippen LogP contribution in [0, 0.1) is 5.82 Å². The molecule has 0 aliphatic carbocycles. The van der Waals surface area contributed by atoms with Crippen molar-refractivity contribution in [1.82, 2.24) is 0 Å². The van der Waals surface area contributed by atoms with Gasteiger partial charge in [0.1, 0.15) is 10.8 Å². The molecule has 0 aliphatic rings. The second-order valence-corrected chi connectivity index (χ2v) is 5.74. The van der Waals surface area contributed by atoms with Gasteiger partial charge in [0.05, 0.1) is 15.7 Å². The lowest BCUT2D eigenvalue weighted by molar-refractivity contribution is 0.100. The summed E-state index contributed by atoms with van der Waals surface area (Å²) >= 11 is 0.937. The number of rotatable bonds is 4. The maximum absolute atomic E-state index is 13.5. The predicted molar refractivity (Wildman–Crippen MR) is 74.4 cm³/mol. The van der Waals surface area contributed by atoms with Crippen molar-refractivity contribution < 1.29 is 18.5 Å². The quantitative estimate of drug-likeness (QED) is 0.848.